The van der Waals surface area contributed by atoms with Gasteiger partial charge in [0.1, 0.15) is 17.1 Å². The Morgan fingerprint density at radius 3 is 2.96 bits per heavy atom. The van der Waals surface area contributed by atoms with Crippen molar-refractivity contribution in [3.8, 4) is 11.5 Å². The summed E-state index contributed by atoms with van der Waals surface area (Å²) in [5.41, 5.74) is 2.36. The Hall–Kier alpha value is -2.86. The van der Waals surface area contributed by atoms with E-state index in [9.17, 15) is 5.11 Å². The molecule has 0 saturated carbocycles. The molecule has 0 saturated heterocycles. The van der Waals surface area contributed by atoms with Crippen LogP contribution in [0.15, 0.2) is 53.1 Å². The van der Waals surface area contributed by atoms with Crippen LogP contribution >= 0.6 is 0 Å². The number of aromatic nitrogens is 3. The van der Waals surface area contributed by atoms with Gasteiger partial charge in [-0.05, 0) is 31.2 Å². The second-order valence-electron chi connectivity index (χ2n) is 5.51. The van der Waals surface area contributed by atoms with Gasteiger partial charge in [-0.25, -0.2) is 9.50 Å². The average Bonchev–Trinajstić information content (AvgIpc) is 3.15. The quantitative estimate of drug-likeness (QED) is 0.606. The van der Waals surface area contributed by atoms with Crippen molar-refractivity contribution in [1.29, 1.82) is 0 Å². The summed E-state index contributed by atoms with van der Waals surface area (Å²) in [7, 11) is 0. The van der Waals surface area contributed by atoms with Crippen LogP contribution in [0, 0.1) is 0 Å². The third-order valence-corrected chi connectivity index (χ3v) is 3.62. The molecule has 6 heteroatoms. The molecule has 116 valence electrons. The minimum atomic E-state index is -0.440. The van der Waals surface area contributed by atoms with E-state index in [1.165, 1.54) is 0 Å². The normalized spacial score (nSPS) is 12.8. The summed E-state index contributed by atoms with van der Waals surface area (Å²) in [6.45, 7) is 2.16. The second kappa shape index (κ2) is 5.40. The minimum absolute atomic E-state index is 0.438. The fraction of sp³-hybridized carbons (Fsp3) is 0.176. The van der Waals surface area contributed by atoms with E-state index in [0.717, 1.165) is 28.1 Å². The molecule has 0 bridgehead atoms. The van der Waals surface area contributed by atoms with E-state index in [-0.39, 0.29) is 0 Å². The lowest BCUT2D eigenvalue weighted by Crippen LogP contribution is -2.16. The van der Waals surface area contributed by atoms with Crippen LogP contribution < -0.4 is 5.32 Å². The van der Waals surface area contributed by atoms with Gasteiger partial charge in [0, 0.05) is 11.9 Å². The minimum Gasteiger partial charge on any atom is -0.454 e. The molecule has 0 fully saturated rings. The van der Waals surface area contributed by atoms with Gasteiger partial charge in [0.05, 0.1) is 12.3 Å². The van der Waals surface area contributed by atoms with Gasteiger partial charge in [-0.1, -0.05) is 18.2 Å². The number of nitrogens with zero attached hydrogens (tertiary/aromatic N) is 3. The van der Waals surface area contributed by atoms with Crippen LogP contribution in [0.25, 0.3) is 28.1 Å². The number of hydrogen-bond donors (Lipinski definition) is 2. The molecule has 4 rings (SSSR count). The zero-order chi connectivity index (χ0) is 15.8. The molecule has 0 amide bonds. The Bertz CT molecular complexity index is 938. The van der Waals surface area contributed by atoms with E-state index in [1.54, 1.807) is 17.6 Å². The lowest BCUT2D eigenvalue weighted by molar-refractivity contribution is 0.208. The van der Waals surface area contributed by atoms with Crippen LogP contribution in [-0.4, -0.2) is 32.4 Å². The number of anilines is 1. The van der Waals surface area contributed by atoms with Crippen LogP contribution in [0.1, 0.15) is 6.92 Å². The Morgan fingerprint density at radius 1 is 1.26 bits per heavy atom. The van der Waals surface area contributed by atoms with Crippen LogP contribution in [0.5, 0.6) is 0 Å². The van der Waals surface area contributed by atoms with Crippen molar-refractivity contribution in [2.75, 3.05) is 11.9 Å². The molecule has 0 aliphatic rings. The fourth-order valence-corrected chi connectivity index (χ4v) is 2.50. The highest BCUT2D eigenvalue weighted by Crippen LogP contribution is 2.28. The topological polar surface area (TPSA) is 75.6 Å². The molecule has 23 heavy (non-hydrogen) atoms. The van der Waals surface area contributed by atoms with Crippen molar-refractivity contribution >= 4 is 22.4 Å². The average molecular weight is 308 g/mol. The van der Waals surface area contributed by atoms with Gasteiger partial charge in [0.2, 0.25) is 0 Å². The number of imidazole rings is 1. The number of fused-ring (bicyclic) bond motifs is 2. The van der Waals surface area contributed by atoms with Gasteiger partial charge in [-0.15, -0.1) is 5.10 Å². The maximum atomic E-state index is 9.38. The number of benzene rings is 1. The molecule has 0 radical (unpaired) electrons. The van der Waals surface area contributed by atoms with Crippen molar-refractivity contribution in [3.63, 3.8) is 0 Å². The smallest absolute Gasteiger partial charge is 0.155 e. The number of aliphatic hydroxyl groups is 1. The first-order valence-electron chi connectivity index (χ1n) is 7.46. The molecular weight excluding hydrogens is 292 g/mol. The van der Waals surface area contributed by atoms with Crippen molar-refractivity contribution in [2.24, 2.45) is 0 Å². The molecule has 2 N–H and O–H groups in total. The van der Waals surface area contributed by atoms with E-state index >= 15 is 0 Å². The summed E-state index contributed by atoms with van der Waals surface area (Å²) < 4.78 is 7.64. The Morgan fingerprint density at radius 2 is 2.13 bits per heavy atom. The summed E-state index contributed by atoms with van der Waals surface area (Å²) in [5, 5.41) is 18.0. The molecule has 4 aromatic rings. The monoisotopic (exact) mass is 308 g/mol. The highest BCUT2D eigenvalue weighted by Gasteiger charge is 2.12. The first-order valence-corrected chi connectivity index (χ1v) is 7.46. The fourth-order valence-electron chi connectivity index (χ4n) is 2.50. The largest absolute Gasteiger partial charge is 0.454 e. The van der Waals surface area contributed by atoms with E-state index in [4.69, 9.17) is 4.42 Å². The molecule has 0 aliphatic carbocycles. The highest BCUT2D eigenvalue weighted by molar-refractivity contribution is 5.82. The summed E-state index contributed by atoms with van der Waals surface area (Å²) in [6, 6.07) is 13.6. The first-order chi connectivity index (χ1) is 11.2. The number of rotatable bonds is 4. The van der Waals surface area contributed by atoms with Crippen molar-refractivity contribution in [2.45, 2.75) is 13.0 Å². The van der Waals surface area contributed by atoms with Crippen LogP contribution in [0.4, 0.5) is 5.82 Å². The molecule has 1 aromatic carbocycles. The van der Waals surface area contributed by atoms with Gasteiger partial charge >= 0.3 is 0 Å². The zero-order valence-corrected chi connectivity index (χ0v) is 12.6. The van der Waals surface area contributed by atoms with Crippen molar-refractivity contribution < 1.29 is 9.52 Å². The lowest BCUT2D eigenvalue weighted by Gasteiger charge is -2.07. The van der Waals surface area contributed by atoms with Crippen LogP contribution in [0.3, 0.4) is 0 Å². The third-order valence-electron chi connectivity index (χ3n) is 3.62. The maximum absolute atomic E-state index is 9.38. The standard InChI is InChI=1S/C17H16N4O2/c1-11(22)9-18-16-6-7-17-19-10-13(21(17)20-16)15-8-12-4-2-3-5-14(12)23-15/h2-8,10-11,22H,9H2,1H3,(H,18,20)/t11-/m1/s1. The van der Waals surface area contributed by atoms with Crippen LogP contribution in [0.2, 0.25) is 0 Å². The number of furan rings is 1. The number of hydrogen-bond acceptors (Lipinski definition) is 5. The van der Waals surface area contributed by atoms with Crippen molar-refractivity contribution in [1.82, 2.24) is 14.6 Å². The predicted octanol–water partition coefficient (Wildman–Crippen LogP) is 2.94. The predicted molar refractivity (Wildman–Crippen MR) is 88.4 cm³/mol. The Labute approximate surface area is 132 Å². The molecule has 0 aliphatic heterocycles. The molecule has 6 nitrogen and oxygen atoms in total. The third kappa shape index (κ3) is 2.53. The molecule has 3 heterocycles. The molecule has 1 atom stereocenters. The maximum Gasteiger partial charge on any atom is 0.155 e. The van der Waals surface area contributed by atoms with E-state index in [1.807, 2.05) is 42.5 Å². The van der Waals surface area contributed by atoms with Gasteiger partial charge in [0.15, 0.2) is 11.4 Å². The lowest BCUT2D eigenvalue weighted by atomic mass is 10.2. The Kier molecular flexibility index (Phi) is 3.24. The summed E-state index contributed by atoms with van der Waals surface area (Å²) in [6.07, 6.45) is 1.31. The molecule has 3 aromatic heterocycles. The van der Waals surface area contributed by atoms with E-state index in [2.05, 4.69) is 15.4 Å². The molecular formula is C17H16N4O2. The van der Waals surface area contributed by atoms with Gasteiger partial charge in [0.25, 0.3) is 0 Å². The Balaban J connectivity index is 1.78. The summed E-state index contributed by atoms with van der Waals surface area (Å²) in [5.74, 6) is 1.40. The summed E-state index contributed by atoms with van der Waals surface area (Å²) >= 11 is 0. The first kappa shape index (κ1) is 13.8. The second-order valence-corrected chi connectivity index (χ2v) is 5.51. The summed E-state index contributed by atoms with van der Waals surface area (Å²) in [4.78, 5) is 4.36. The number of aliphatic hydroxyl groups excluding tert-OH is 1. The molecule has 0 unspecified atom stereocenters. The van der Waals surface area contributed by atoms with Gasteiger partial charge in [-0.3, -0.25) is 0 Å². The van der Waals surface area contributed by atoms with Crippen molar-refractivity contribution in [3.05, 3.63) is 48.7 Å². The molecule has 0 spiro atoms. The van der Waals surface area contributed by atoms with Crippen LogP contribution in [-0.2, 0) is 0 Å². The number of para-hydroxylation sites is 1. The zero-order valence-electron chi connectivity index (χ0n) is 12.6. The van der Waals surface area contributed by atoms with E-state index in [0.29, 0.717) is 12.4 Å². The van der Waals surface area contributed by atoms with Gasteiger partial charge < -0.3 is 14.8 Å². The SMILES string of the molecule is C[C@@H](O)CNc1ccc2ncc(-c3cc4ccccc4o3)n2n1. The number of nitrogens with one attached hydrogen (secondary N) is 1. The van der Waals surface area contributed by atoms with E-state index < -0.39 is 6.10 Å². The van der Waals surface area contributed by atoms with Gasteiger partial charge in [-0.2, -0.15) is 0 Å². The highest BCUT2D eigenvalue weighted by atomic mass is 16.3.